The van der Waals surface area contributed by atoms with E-state index >= 15 is 0 Å². The minimum atomic E-state index is -0.122. The number of rotatable bonds is 2. The molecule has 3 nitrogen and oxygen atoms in total. The van der Waals surface area contributed by atoms with Gasteiger partial charge in [0.05, 0.1) is 7.11 Å². The normalized spacial score (nSPS) is 10.2. The molecule has 2 aromatic rings. The highest BCUT2D eigenvalue weighted by atomic mass is 16.5. The second-order valence-corrected chi connectivity index (χ2v) is 3.94. The van der Waals surface area contributed by atoms with Crippen molar-refractivity contribution in [2.75, 3.05) is 7.11 Å². The minimum Gasteiger partial charge on any atom is -0.504 e. The lowest BCUT2D eigenvalue weighted by Gasteiger charge is -2.08. The predicted molar refractivity (Wildman–Crippen MR) is 66.5 cm³/mol. The lowest BCUT2D eigenvalue weighted by molar-refractivity contribution is 0.404. The van der Waals surface area contributed by atoms with Crippen molar-refractivity contribution in [3.8, 4) is 28.4 Å². The van der Waals surface area contributed by atoms with Gasteiger partial charge in [-0.15, -0.1) is 0 Å². The molecule has 0 radical (unpaired) electrons. The summed E-state index contributed by atoms with van der Waals surface area (Å²) >= 11 is 0. The highest BCUT2D eigenvalue weighted by molar-refractivity contribution is 5.69. The summed E-state index contributed by atoms with van der Waals surface area (Å²) < 4.78 is 5.20. The molecule has 2 aromatic carbocycles. The van der Waals surface area contributed by atoms with Crippen molar-refractivity contribution in [2.45, 2.75) is 6.92 Å². The first-order valence-electron chi connectivity index (χ1n) is 5.28. The van der Waals surface area contributed by atoms with Crippen molar-refractivity contribution < 1.29 is 14.9 Å². The molecule has 3 heteroatoms. The molecule has 0 amide bonds. The number of aryl methyl sites for hydroxylation is 1. The van der Waals surface area contributed by atoms with E-state index in [0.717, 1.165) is 22.4 Å². The average molecular weight is 230 g/mol. The maximum Gasteiger partial charge on any atom is 0.158 e. The Hall–Kier alpha value is -2.16. The molecule has 0 unspecified atom stereocenters. The number of phenolic OH excluding ortho intramolecular Hbond substituents is 2. The van der Waals surface area contributed by atoms with Crippen LogP contribution in [0.2, 0.25) is 0 Å². The molecule has 0 saturated heterocycles. The molecule has 2 N–H and O–H groups in total. The molecule has 88 valence electrons. The van der Waals surface area contributed by atoms with E-state index in [4.69, 9.17) is 4.74 Å². The number of benzene rings is 2. The average Bonchev–Trinajstić information content (AvgIpc) is 2.32. The smallest absolute Gasteiger partial charge is 0.158 e. The summed E-state index contributed by atoms with van der Waals surface area (Å²) in [4.78, 5) is 0. The fraction of sp³-hybridized carbons (Fsp3) is 0.143. The van der Waals surface area contributed by atoms with Crippen LogP contribution in [0.4, 0.5) is 0 Å². The van der Waals surface area contributed by atoms with Gasteiger partial charge in [-0.2, -0.15) is 0 Å². The lowest BCUT2D eigenvalue weighted by atomic mass is 10.0. The maximum absolute atomic E-state index is 9.48. The third kappa shape index (κ3) is 2.33. The molecule has 17 heavy (non-hydrogen) atoms. The first-order valence-corrected chi connectivity index (χ1v) is 5.28. The van der Waals surface area contributed by atoms with E-state index in [1.165, 1.54) is 12.1 Å². The fourth-order valence-corrected chi connectivity index (χ4v) is 1.74. The van der Waals surface area contributed by atoms with Crippen molar-refractivity contribution in [3.63, 3.8) is 0 Å². The van der Waals surface area contributed by atoms with Gasteiger partial charge in [0.25, 0.3) is 0 Å². The van der Waals surface area contributed by atoms with E-state index < -0.39 is 0 Å². The fourth-order valence-electron chi connectivity index (χ4n) is 1.74. The third-order valence-electron chi connectivity index (χ3n) is 2.60. The van der Waals surface area contributed by atoms with Gasteiger partial charge in [-0.05, 0) is 47.9 Å². The monoisotopic (exact) mass is 230 g/mol. The SMILES string of the molecule is COc1cc(C)cc(-c2ccc(O)c(O)c2)c1. The summed E-state index contributed by atoms with van der Waals surface area (Å²) in [6.07, 6.45) is 0. The molecule has 2 rings (SSSR count). The largest absolute Gasteiger partial charge is 0.504 e. The second-order valence-electron chi connectivity index (χ2n) is 3.94. The number of hydrogen-bond acceptors (Lipinski definition) is 3. The van der Waals surface area contributed by atoms with Crippen LogP contribution in [-0.4, -0.2) is 17.3 Å². The van der Waals surface area contributed by atoms with Crippen molar-refractivity contribution in [3.05, 3.63) is 42.0 Å². The van der Waals surface area contributed by atoms with Crippen LogP contribution in [-0.2, 0) is 0 Å². The highest BCUT2D eigenvalue weighted by Gasteiger charge is 2.05. The molecule has 0 atom stereocenters. The van der Waals surface area contributed by atoms with Gasteiger partial charge >= 0.3 is 0 Å². The Bertz CT molecular complexity index is 547. The summed E-state index contributed by atoms with van der Waals surface area (Å²) in [7, 11) is 1.62. The highest BCUT2D eigenvalue weighted by Crippen LogP contribution is 2.32. The van der Waals surface area contributed by atoms with Crippen LogP contribution >= 0.6 is 0 Å². The molecule has 0 aliphatic heterocycles. The number of ether oxygens (including phenoxy) is 1. The zero-order valence-corrected chi connectivity index (χ0v) is 9.77. The molecule has 0 aliphatic carbocycles. The maximum atomic E-state index is 9.48. The Morgan fingerprint density at radius 1 is 0.882 bits per heavy atom. The lowest BCUT2D eigenvalue weighted by Crippen LogP contribution is -1.86. The first kappa shape index (κ1) is 11.3. The Kier molecular flexibility index (Phi) is 2.91. The van der Waals surface area contributed by atoms with Crippen molar-refractivity contribution in [2.24, 2.45) is 0 Å². The molecule has 0 fully saturated rings. The number of aromatic hydroxyl groups is 2. The number of phenols is 2. The molecule has 0 spiro atoms. The third-order valence-corrected chi connectivity index (χ3v) is 2.60. The first-order chi connectivity index (χ1) is 8.10. The summed E-state index contributed by atoms with van der Waals surface area (Å²) in [5.41, 5.74) is 2.85. The van der Waals surface area contributed by atoms with E-state index in [2.05, 4.69) is 0 Å². The van der Waals surface area contributed by atoms with E-state index in [9.17, 15) is 10.2 Å². The Morgan fingerprint density at radius 3 is 2.29 bits per heavy atom. The predicted octanol–water partition coefficient (Wildman–Crippen LogP) is 3.08. The summed E-state index contributed by atoms with van der Waals surface area (Å²) in [5.74, 6) is 0.531. The van der Waals surface area contributed by atoms with Gasteiger partial charge in [-0.3, -0.25) is 0 Å². The molecule has 0 heterocycles. The van der Waals surface area contributed by atoms with Gasteiger partial charge in [0.1, 0.15) is 5.75 Å². The zero-order valence-electron chi connectivity index (χ0n) is 9.77. The zero-order chi connectivity index (χ0) is 12.4. The van der Waals surface area contributed by atoms with E-state index in [0.29, 0.717) is 0 Å². The van der Waals surface area contributed by atoms with Gasteiger partial charge in [0, 0.05) is 0 Å². The van der Waals surface area contributed by atoms with Gasteiger partial charge < -0.3 is 14.9 Å². The molecular weight excluding hydrogens is 216 g/mol. The van der Waals surface area contributed by atoms with Crippen LogP contribution in [0, 0.1) is 6.92 Å². The minimum absolute atomic E-state index is 0.117. The van der Waals surface area contributed by atoms with Crippen LogP contribution in [0.15, 0.2) is 36.4 Å². The van der Waals surface area contributed by atoms with Gasteiger partial charge in [-0.1, -0.05) is 12.1 Å². The second kappa shape index (κ2) is 4.37. The van der Waals surface area contributed by atoms with E-state index in [1.54, 1.807) is 13.2 Å². The molecule has 0 saturated carbocycles. The quantitative estimate of drug-likeness (QED) is 0.779. The van der Waals surface area contributed by atoms with Crippen molar-refractivity contribution >= 4 is 0 Å². The van der Waals surface area contributed by atoms with Crippen LogP contribution in [0.3, 0.4) is 0 Å². The van der Waals surface area contributed by atoms with Crippen LogP contribution in [0.1, 0.15) is 5.56 Å². The van der Waals surface area contributed by atoms with Crippen molar-refractivity contribution in [1.29, 1.82) is 0 Å². The van der Waals surface area contributed by atoms with Gasteiger partial charge in [0.2, 0.25) is 0 Å². The Balaban J connectivity index is 2.52. The number of methoxy groups -OCH3 is 1. The Labute approximate surface area is 99.9 Å². The number of hydrogen-bond donors (Lipinski definition) is 2. The molecule has 0 aliphatic rings. The van der Waals surface area contributed by atoms with Crippen LogP contribution in [0.25, 0.3) is 11.1 Å². The van der Waals surface area contributed by atoms with Gasteiger partial charge in [0.15, 0.2) is 11.5 Å². The van der Waals surface area contributed by atoms with Gasteiger partial charge in [-0.25, -0.2) is 0 Å². The molecule has 0 aromatic heterocycles. The summed E-state index contributed by atoms with van der Waals surface area (Å²) in [6, 6.07) is 10.6. The summed E-state index contributed by atoms with van der Waals surface area (Å²) in [6.45, 7) is 1.98. The standard InChI is InChI=1S/C14H14O3/c1-9-5-11(7-12(6-9)17-2)10-3-4-13(15)14(16)8-10/h3-8,15-16H,1-2H3. The topological polar surface area (TPSA) is 49.7 Å². The van der Waals surface area contributed by atoms with Crippen molar-refractivity contribution in [1.82, 2.24) is 0 Å². The van der Waals surface area contributed by atoms with Crippen LogP contribution in [0.5, 0.6) is 17.2 Å². The van der Waals surface area contributed by atoms with E-state index in [-0.39, 0.29) is 11.5 Å². The summed E-state index contributed by atoms with van der Waals surface area (Å²) in [5, 5.41) is 18.7. The molecular formula is C14H14O3. The van der Waals surface area contributed by atoms with Crippen LogP contribution < -0.4 is 4.74 Å². The Morgan fingerprint density at radius 2 is 1.65 bits per heavy atom. The van der Waals surface area contributed by atoms with E-state index in [1.807, 2.05) is 25.1 Å². The molecule has 0 bridgehead atoms.